The minimum atomic E-state index is -2.19. The maximum absolute atomic E-state index is 13.5. The van der Waals surface area contributed by atoms with Crippen LogP contribution in [0.15, 0.2) is 47.2 Å². The lowest BCUT2D eigenvalue weighted by molar-refractivity contribution is -0.137. The molecule has 0 radical (unpaired) electrons. The summed E-state index contributed by atoms with van der Waals surface area (Å²) in [5, 5.41) is 10.4. The summed E-state index contributed by atoms with van der Waals surface area (Å²) in [7, 11) is -2.89. The summed E-state index contributed by atoms with van der Waals surface area (Å²) in [6, 6.07) is 7.08. The number of esters is 1. The Hall–Kier alpha value is -2.17. The van der Waals surface area contributed by atoms with Gasteiger partial charge in [0, 0.05) is 12.0 Å². The molecule has 0 saturated heterocycles. The molecular formula is C21H30O6Si2. The van der Waals surface area contributed by atoms with E-state index in [-0.39, 0.29) is 23.5 Å². The Balaban J connectivity index is 2.52. The maximum atomic E-state index is 13.5. The average Bonchev–Trinajstić information content (AvgIpc) is 2.59. The Bertz CT molecular complexity index is 859. The molecule has 1 aliphatic rings. The Morgan fingerprint density at radius 3 is 2.21 bits per heavy atom. The van der Waals surface area contributed by atoms with Gasteiger partial charge < -0.3 is 18.7 Å². The van der Waals surface area contributed by atoms with Gasteiger partial charge in [0.05, 0.1) is 12.7 Å². The molecule has 8 heteroatoms. The number of hydrogen-bond acceptors (Lipinski definition) is 6. The Labute approximate surface area is 174 Å². The molecule has 1 atom stereocenters. The quantitative estimate of drug-likeness (QED) is 0.383. The smallest absolute Gasteiger partial charge is 0.340 e. The molecule has 1 aliphatic carbocycles. The zero-order chi connectivity index (χ0) is 22.0. The van der Waals surface area contributed by atoms with Crippen LogP contribution in [0.2, 0.25) is 39.3 Å². The molecule has 1 unspecified atom stereocenters. The van der Waals surface area contributed by atoms with Crippen molar-refractivity contribution in [2.24, 2.45) is 0 Å². The van der Waals surface area contributed by atoms with Gasteiger partial charge in [0.25, 0.3) is 0 Å². The van der Waals surface area contributed by atoms with Crippen LogP contribution in [0.3, 0.4) is 0 Å². The van der Waals surface area contributed by atoms with Gasteiger partial charge in [0.15, 0.2) is 14.1 Å². The van der Waals surface area contributed by atoms with Crippen molar-refractivity contribution in [3.05, 3.63) is 52.8 Å². The van der Waals surface area contributed by atoms with Crippen molar-refractivity contribution in [2.45, 2.75) is 51.8 Å². The first-order valence-electron chi connectivity index (χ1n) is 9.55. The Morgan fingerprint density at radius 2 is 1.66 bits per heavy atom. The number of ketones is 1. The molecule has 0 spiro atoms. The topological polar surface area (TPSA) is 82.1 Å². The van der Waals surface area contributed by atoms with Crippen molar-refractivity contribution in [3.63, 3.8) is 0 Å². The molecule has 1 N–H and O–H groups in total. The first-order valence-corrected chi connectivity index (χ1v) is 16.4. The summed E-state index contributed by atoms with van der Waals surface area (Å²) in [4.78, 5) is 25.9. The summed E-state index contributed by atoms with van der Waals surface area (Å²) < 4.78 is 17.1. The van der Waals surface area contributed by atoms with E-state index in [1.165, 1.54) is 7.11 Å². The van der Waals surface area contributed by atoms with Crippen molar-refractivity contribution in [1.82, 2.24) is 0 Å². The Kier molecular flexibility index (Phi) is 6.92. The molecule has 1 aromatic carbocycles. The molecule has 0 amide bonds. The predicted molar refractivity (Wildman–Crippen MR) is 117 cm³/mol. The van der Waals surface area contributed by atoms with Gasteiger partial charge in [-0.25, -0.2) is 4.79 Å². The second kappa shape index (κ2) is 8.68. The van der Waals surface area contributed by atoms with Gasteiger partial charge in [-0.3, -0.25) is 4.79 Å². The van der Waals surface area contributed by atoms with Gasteiger partial charge in [0.1, 0.15) is 23.2 Å². The van der Waals surface area contributed by atoms with Gasteiger partial charge in [-0.2, -0.15) is 0 Å². The molecule has 0 aliphatic heterocycles. The molecule has 0 heterocycles. The van der Waals surface area contributed by atoms with E-state index in [0.29, 0.717) is 16.9 Å². The number of aliphatic hydroxyl groups is 1. The number of hydrogen-bond donors (Lipinski definition) is 1. The number of para-hydroxylation sites is 1. The number of ether oxygens (including phenoxy) is 1. The van der Waals surface area contributed by atoms with E-state index in [2.05, 4.69) is 0 Å². The van der Waals surface area contributed by atoms with E-state index in [4.69, 9.17) is 13.6 Å². The van der Waals surface area contributed by atoms with Crippen molar-refractivity contribution < 1.29 is 28.3 Å². The number of aliphatic hydroxyl groups excluding tert-OH is 1. The summed E-state index contributed by atoms with van der Waals surface area (Å²) in [6.45, 7) is 12.0. The molecule has 1 aromatic rings. The standard InChI is InChI=1S/C21H30O6Si2/c1-25-21(24)18-16(22)13-12-15(20(18)27-29(5,6)7)19(23)14-10-8-9-11-17(14)26-28(2,3)4/h8-12,20,22H,13H2,1-7H3. The lowest BCUT2D eigenvalue weighted by Crippen LogP contribution is -2.40. The van der Waals surface area contributed by atoms with E-state index in [1.807, 2.05) is 45.3 Å². The number of methoxy groups -OCH3 is 1. The highest BCUT2D eigenvalue weighted by molar-refractivity contribution is 6.70. The number of carbonyl (C=O) groups excluding carboxylic acids is 2. The SMILES string of the molecule is COC(=O)C1=C(O)CC=C(C(=O)c2ccccc2O[Si](C)(C)C)C1O[Si](C)(C)C. The number of Topliss-reactive ketones (excluding diaryl/α,β-unsaturated/α-hetero) is 1. The highest BCUT2D eigenvalue weighted by Crippen LogP contribution is 2.34. The second-order valence-electron chi connectivity index (χ2n) is 8.87. The fourth-order valence-corrected chi connectivity index (χ4v) is 4.77. The number of rotatable bonds is 7. The molecule has 6 nitrogen and oxygen atoms in total. The van der Waals surface area contributed by atoms with Gasteiger partial charge in [0.2, 0.25) is 8.32 Å². The normalized spacial score (nSPS) is 17.6. The zero-order valence-corrected chi connectivity index (χ0v) is 20.2. The largest absolute Gasteiger partial charge is 0.544 e. The summed E-state index contributed by atoms with van der Waals surface area (Å²) >= 11 is 0. The van der Waals surface area contributed by atoms with Crippen molar-refractivity contribution in [3.8, 4) is 5.75 Å². The van der Waals surface area contributed by atoms with Crippen LogP contribution in [-0.4, -0.2) is 46.7 Å². The van der Waals surface area contributed by atoms with E-state index in [9.17, 15) is 14.7 Å². The minimum absolute atomic E-state index is 0.00984. The van der Waals surface area contributed by atoms with Gasteiger partial charge in [-0.05, 0) is 51.4 Å². The van der Waals surface area contributed by atoms with Crippen molar-refractivity contribution >= 4 is 28.4 Å². The van der Waals surface area contributed by atoms with Gasteiger partial charge in [-0.1, -0.05) is 18.2 Å². The molecular weight excluding hydrogens is 404 g/mol. The fraction of sp³-hybridized carbons (Fsp3) is 0.429. The van der Waals surface area contributed by atoms with Crippen molar-refractivity contribution in [1.29, 1.82) is 0 Å². The molecule has 0 bridgehead atoms. The minimum Gasteiger partial charge on any atom is -0.544 e. The molecule has 29 heavy (non-hydrogen) atoms. The number of allylic oxidation sites excluding steroid dienone is 1. The first-order chi connectivity index (χ1) is 13.3. The monoisotopic (exact) mass is 434 g/mol. The second-order valence-corrected chi connectivity index (χ2v) is 17.8. The number of benzene rings is 1. The van der Waals surface area contributed by atoms with E-state index < -0.39 is 28.7 Å². The zero-order valence-electron chi connectivity index (χ0n) is 18.2. The third kappa shape index (κ3) is 5.91. The van der Waals surface area contributed by atoms with Crippen LogP contribution in [-0.2, 0) is 14.0 Å². The molecule has 0 aromatic heterocycles. The highest BCUT2D eigenvalue weighted by Gasteiger charge is 2.39. The van der Waals surface area contributed by atoms with Crippen LogP contribution in [0.1, 0.15) is 16.8 Å². The van der Waals surface area contributed by atoms with Crippen LogP contribution in [0.5, 0.6) is 5.75 Å². The fourth-order valence-electron chi connectivity index (χ4n) is 2.98. The summed E-state index contributed by atoms with van der Waals surface area (Å²) in [6.07, 6.45) is 0.712. The lowest BCUT2D eigenvalue weighted by Gasteiger charge is -2.31. The molecule has 0 fully saturated rings. The molecule has 158 valence electrons. The molecule has 2 rings (SSSR count). The van der Waals surface area contributed by atoms with Crippen LogP contribution in [0.25, 0.3) is 0 Å². The van der Waals surface area contributed by atoms with Gasteiger partial charge in [-0.15, -0.1) is 0 Å². The van der Waals surface area contributed by atoms with E-state index in [0.717, 1.165) is 0 Å². The van der Waals surface area contributed by atoms with Crippen LogP contribution < -0.4 is 4.43 Å². The average molecular weight is 435 g/mol. The third-order valence-corrected chi connectivity index (χ3v) is 5.83. The molecule has 0 saturated carbocycles. The van der Waals surface area contributed by atoms with Crippen LogP contribution >= 0.6 is 0 Å². The number of carbonyl (C=O) groups is 2. The maximum Gasteiger partial charge on any atom is 0.340 e. The van der Waals surface area contributed by atoms with E-state index in [1.54, 1.807) is 24.3 Å². The highest BCUT2D eigenvalue weighted by atomic mass is 28.4. The van der Waals surface area contributed by atoms with E-state index >= 15 is 0 Å². The van der Waals surface area contributed by atoms with Crippen LogP contribution in [0, 0.1) is 0 Å². The summed E-state index contributed by atoms with van der Waals surface area (Å²) in [5.74, 6) is -0.599. The third-order valence-electron chi connectivity index (χ3n) is 4.06. The van der Waals surface area contributed by atoms with Gasteiger partial charge >= 0.3 is 5.97 Å². The predicted octanol–water partition coefficient (Wildman–Crippen LogP) is 4.62. The summed E-state index contributed by atoms with van der Waals surface area (Å²) in [5.41, 5.74) is 0.720. The Morgan fingerprint density at radius 1 is 1.03 bits per heavy atom. The van der Waals surface area contributed by atoms with Crippen LogP contribution in [0.4, 0.5) is 0 Å². The lowest BCUT2D eigenvalue weighted by atomic mass is 9.88. The van der Waals surface area contributed by atoms with Crippen molar-refractivity contribution in [2.75, 3.05) is 7.11 Å². The first kappa shape index (κ1) is 23.1.